The van der Waals surface area contributed by atoms with Gasteiger partial charge in [0.2, 0.25) is 0 Å². The molecule has 0 heterocycles. The van der Waals surface area contributed by atoms with Crippen LogP contribution in [0.25, 0.3) is 0 Å². The Kier molecular flexibility index (Phi) is 42.7. The first-order valence-electron chi connectivity index (χ1n) is 3.49. The Labute approximate surface area is 161 Å². The van der Waals surface area contributed by atoms with Gasteiger partial charge in [-0.15, -0.1) is 0 Å². The highest BCUT2D eigenvalue weighted by molar-refractivity contribution is 7.80. The molecule has 0 aromatic rings. The van der Waals surface area contributed by atoms with Gasteiger partial charge in [0.15, 0.2) is 0 Å². The lowest BCUT2D eigenvalue weighted by Gasteiger charge is -1.68. The fourth-order valence-electron chi connectivity index (χ4n) is 0. The predicted octanol–water partition coefficient (Wildman–Crippen LogP) is -6.56. The molecule has 0 aromatic carbocycles. The minimum Gasteiger partial charge on any atom is -0.412 e. The zero-order valence-electron chi connectivity index (χ0n) is 12.6. The van der Waals surface area contributed by atoms with Crippen molar-refractivity contribution in [2.45, 2.75) is 0 Å². The highest BCUT2D eigenvalue weighted by Gasteiger charge is 1.86. The topological polar surface area (TPSA) is 499 Å². The van der Waals surface area contributed by atoms with Crippen LogP contribution >= 0.6 is 0 Å². The van der Waals surface area contributed by atoms with Gasteiger partial charge in [-0.25, -0.2) is 0 Å². The molecule has 0 aromatic heterocycles. The predicted molar refractivity (Wildman–Crippen MR) is 85.3 cm³/mol. The van der Waals surface area contributed by atoms with Crippen molar-refractivity contribution in [1.82, 2.24) is 0 Å². The third-order valence-corrected chi connectivity index (χ3v) is 0. The molecule has 0 unspecified atom stereocenters. The van der Waals surface area contributed by atoms with Gasteiger partial charge < -0.3 is 21.9 Å². The van der Waals surface area contributed by atoms with Crippen molar-refractivity contribution >= 4 is 52.0 Å². The molecule has 0 aliphatic heterocycles. The summed E-state index contributed by atoms with van der Waals surface area (Å²) in [5.41, 5.74) is 0. The first-order valence-corrected chi connectivity index (χ1v) is 10.5. The monoisotopic (exact) mass is 562 g/mol. The van der Waals surface area contributed by atoms with E-state index in [-0.39, 0.29) is 21.9 Å². The van der Waals surface area contributed by atoms with Crippen molar-refractivity contribution in [2.24, 2.45) is 0 Å². The van der Waals surface area contributed by atoms with Crippen molar-refractivity contribution in [1.29, 1.82) is 0 Å². The van der Waals surface area contributed by atoms with Crippen LogP contribution in [0, 0.1) is 0 Å². The average molecular weight is 562 g/mol. The molecule has 0 saturated carbocycles. The van der Waals surface area contributed by atoms with Crippen LogP contribution in [0.3, 0.4) is 0 Å². The van der Waals surface area contributed by atoms with E-state index in [1.807, 2.05) is 0 Å². The van der Waals surface area contributed by atoms with Crippen LogP contribution in [0.5, 0.6) is 0 Å². The Hall–Kier alpha value is -0.810. The molecule has 0 saturated heterocycles. The molecular weight excluding hydrogens is 544 g/mol. The van der Waals surface area contributed by atoms with Gasteiger partial charge in [-0.05, 0) is 0 Å². The minimum absolute atomic E-state index is 0. The second-order valence-corrected chi connectivity index (χ2v) is 6.72. The fourth-order valence-corrected chi connectivity index (χ4v) is 0. The maximum absolute atomic E-state index is 8.74. The molecule has 192 valence electrons. The summed E-state index contributed by atoms with van der Waals surface area (Å²) in [5.74, 6) is 0. The highest BCUT2D eigenvalue weighted by atomic mass is 32.3. The van der Waals surface area contributed by atoms with Gasteiger partial charge in [0, 0.05) is 0 Å². The standard InChI is InChI=1S/5H2O4S.4H2O/c5*1-5(2,3)4;;;;/h5*(H2,1,2,3,4);4*1H2. The van der Waals surface area contributed by atoms with E-state index in [9.17, 15) is 0 Å². The molecule has 29 heteroatoms. The molecule has 0 amide bonds. The SMILES string of the molecule is O.O.O.O.O=S(=O)(O)O.O=S(=O)(O)O.O=S(=O)(O)O.O=S(=O)(O)O.O=S(=O)(O)O. The first-order chi connectivity index (χ1) is 10.0. The van der Waals surface area contributed by atoms with E-state index in [2.05, 4.69) is 0 Å². The maximum atomic E-state index is 8.74. The van der Waals surface area contributed by atoms with Crippen LogP contribution < -0.4 is 0 Å². The molecule has 0 atom stereocenters. The largest absolute Gasteiger partial charge is 0.412 e. The maximum Gasteiger partial charge on any atom is 0.394 e. The van der Waals surface area contributed by atoms with E-state index in [0.717, 1.165) is 0 Å². The Morgan fingerprint density at radius 3 is 0.241 bits per heavy atom. The van der Waals surface area contributed by atoms with Gasteiger partial charge in [-0.3, -0.25) is 45.5 Å². The van der Waals surface area contributed by atoms with Crippen LogP contribution in [0.4, 0.5) is 0 Å². The van der Waals surface area contributed by atoms with Gasteiger partial charge in [-0.2, -0.15) is 42.1 Å². The summed E-state index contributed by atoms with van der Waals surface area (Å²) in [4.78, 5) is 0. The van der Waals surface area contributed by atoms with Crippen LogP contribution in [0.2, 0.25) is 0 Å². The van der Waals surface area contributed by atoms with E-state index in [1.54, 1.807) is 0 Å². The lowest BCUT2D eigenvalue weighted by molar-refractivity contribution is 0.378. The summed E-state index contributed by atoms with van der Waals surface area (Å²) in [6, 6.07) is 0. The second-order valence-electron chi connectivity index (χ2n) is 2.24. The zero-order chi connectivity index (χ0) is 22.5. The summed E-state index contributed by atoms with van der Waals surface area (Å²) >= 11 is 0. The minimum atomic E-state index is -4.67. The summed E-state index contributed by atoms with van der Waals surface area (Å²) < 4.78 is 158. The lowest BCUT2D eigenvalue weighted by atomic mass is 15.8. The normalized spacial score (nSPS) is 10.0. The quantitative estimate of drug-likeness (QED) is 0.123. The second kappa shape index (κ2) is 21.9. The Bertz CT molecular complexity index is 609. The molecule has 29 heavy (non-hydrogen) atoms. The summed E-state index contributed by atoms with van der Waals surface area (Å²) in [6.45, 7) is 0. The fraction of sp³-hybridized carbons (Fsp3) is 0. The Morgan fingerprint density at radius 1 is 0.241 bits per heavy atom. The molecule has 0 aliphatic rings. The third-order valence-electron chi connectivity index (χ3n) is 0. The Balaban J connectivity index is -0.0000000238. The van der Waals surface area contributed by atoms with E-state index in [1.165, 1.54) is 0 Å². The number of hydrogen-bond donors (Lipinski definition) is 10. The van der Waals surface area contributed by atoms with Crippen LogP contribution in [-0.4, -0.2) is 110 Å². The summed E-state index contributed by atoms with van der Waals surface area (Å²) in [5, 5.41) is 0. The van der Waals surface area contributed by atoms with Gasteiger partial charge in [0.05, 0.1) is 0 Å². The van der Waals surface area contributed by atoms with E-state index < -0.39 is 52.0 Å². The summed E-state index contributed by atoms with van der Waals surface area (Å²) in [7, 11) is -23.3. The number of rotatable bonds is 0. The number of hydrogen-bond acceptors (Lipinski definition) is 10. The third kappa shape index (κ3) is 26300. The van der Waals surface area contributed by atoms with E-state index in [0.29, 0.717) is 0 Å². The smallest absolute Gasteiger partial charge is 0.394 e. The van der Waals surface area contributed by atoms with Crippen molar-refractivity contribution in [3.63, 3.8) is 0 Å². The van der Waals surface area contributed by atoms with Crippen molar-refractivity contribution in [3.05, 3.63) is 0 Å². The highest BCUT2D eigenvalue weighted by Crippen LogP contribution is 1.60. The molecule has 0 fully saturated rings. The summed E-state index contributed by atoms with van der Waals surface area (Å²) in [6.07, 6.45) is 0. The molecule has 0 aliphatic carbocycles. The molecule has 0 radical (unpaired) electrons. The average Bonchev–Trinajstić information content (AvgIpc) is 1.79. The van der Waals surface area contributed by atoms with E-state index >= 15 is 0 Å². The molecule has 24 nitrogen and oxygen atoms in total. The van der Waals surface area contributed by atoms with E-state index in [4.69, 9.17) is 87.6 Å². The van der Waals surface area contributed by atoms with Gasteiger partial charge >= 0.3 is 52.0 Å². The van der Waals surface area contributed by atoms with Crippen molar-refractivity contribution in [2.75, 3.05) is 0 Å². The first kappa shape index (κ1) is 56.6. The molecular formula is H18O24S5. The van der Waals surface area contributed by atoms with Gasteiger partial charge in [0.25, 0.3) is 0 Å². The van der Waals surface area contributed by atoms with Gasteiger partial charge in [-0.1, -0.05) is 0 Å². The zero-order valence-corrected chi connectivity index (χ0v) is 16.7. The van der Waals surface area contributed by atoms with Crippen molar-refractivity contribution in [3.8, 4) is 0 Å². The molecule has 0 bridgehead atoms. The molecule has 18 N–H and O–H groups in total. The van der Waals surface area contributed by atoms with Crippen LogP contribution in [-0.2, 0) is 52.0 Å². The van der Waals surface area contributed by atoms with Crippen molar-refractivity contribution < 1.29 is 110 Å². The van der Waals surface area contributed by atoms with Gasteiger partial charge in [0.1, 0.15) is 0 Å². The lowest BCUT2D eigenvalue weighted by Crippen LogP contribution is -1.89. The Morgan fingerprint density at radius 2 is 0.241 bits per heavy atom. The van der Waals surface area contributed by atoms with Crippen LogP contribution in [0.15, 0.2) is 0 Å². The molecule has 0 rings (SSSR count). The molecule has 0 spiro atoms. The van der Waals surface area contributed by atoms with Crippen LogP contribution in [0.1, 0.15) is 0 Å².